The van der Waals surface area contributed by atoms with Gasteiger partial charge < -0.3 is 15.7 Å². The van der Waals surface area contributed by atoms with Gasteiger partial charge in [-0.15, -0.1) is 11.3 Å². The van der Waals surface area contributed by atoms with E-state index >= 15 is 0 Å². The average molecular weight is 356 g/mol. The number of carbonyl (C=O) groups excluding carboxylic acids is 1. The average Bonchev–Trinajstić information content (AvgIpc) is 2.95. The molecule has 2 aromatic rings. The van der Waals surface area contributed by atoms with Gasteiger partial charge in [0.25, 0.3) is 0 Å². The minimum Gasteiger partial charge on any atom is -0.396 e. The summed E-state index contributed by atoms with van der Waals surface area (Å²) < 4.78 is 0.713. The third kappa shape index (κ3) is 4.03. The molecule has 0 bridgehead atoms. The van der Waals surface area contributed by atoms with E-state index in [-0.39, 0.29) is 18.7 Å². The number of halogens is 1. The number of rotatable bonds is 5. The van der Waals surface area contributed by atoms with E-state index in [4.69, 9.17) is 5.11 Å². The van der Waals surface area contributed by atoms with Gasteiger partial charge in [-0.05, 0) is 39.9 Å². The number of urea groups is 1. The maximum atomic E-state index is 12.0. The fraction of sp³-hybridized carbons (Fsp3) is 0.231. The Morgan fingerprint density at radius 3 is 3.00 bits per heavy atom. The number of aliphatic hydroxyl groups is 1. The Bertz CT molecular complexity index is 563. The number of amides is 2. The highest BCUT2D eigenvalue weighted by Crippen LogP contribution is 2.23. The molecule has 7 heteroatoms. The molecule has 2 amide bonds. The van der Waals surface area contributed by atoms with Crippen molar-refractivity contribution in [1.29, 1.82) is 0 Å². The topological polar surface area (TPSA) is 74.2 Å². The lowest BCUT2D eigenvalue weighted by atomic mass is 10.2. The quantitative estimate of drug-likeness (QED) is 0.771. The zero-order valence-electron chi connectivity index (χ0n) is 10.5. The molecular formula is C13H14BrN3O2S. The van der Waals surface area contributed by atoms with Gasteiger partial charge in [0.1, 0.15) is 0 Å². The highest BCUT2D eigenvalue weighted by Gasteiger charge is 2.15. The monoisotopic (exact) mass is 355 g/mol. The summed E-state index contributed by atoms with van der Waals surface area (Å²) in [6.45, 7) is 0.0157. The Morgan fingerprint density at radius 1 is 1.50 bits per heavy atom. The van der Waals surface area contributed by atoms with Crippen LogP contribution in [-0.4, -0.2) is 22.7 Å². The van der Waals surface area contributed by atoms with Crippen LogP contribution in [0.3, 0.4) is 0 Å². The van der Waals surface area contributed by atoms with Crippen LogP contribution in [0.15, 0.2) is 40.4 Å². The number of carbonyl (C=O) groups is 1. The second-order valence-corrected chi connectivity index (χ2v) is 5.87. The van der Waals surface area contributed by atoms with Gasteiger partial charge in [-0.2, -0.15) is 0 Å². The molecule has 0 saturated carbocycles. The Hall–Kier alpha value is -1.44. The minimum absolute atomic E-state index is 0.0157. The Balaban J connectivity index is 2.00. The number of nitrogens with one attached hydrogen (secondary N) is 2. The lowest BCUT2D eigenvalue weighted by molar-refractivity contribution is 0.239. The molecule has 0 aliphatic rings. The molecule has 0 saturated heterocycles. The summed E-state index contributed by atoms with van der Waals surface area (Å²) in [5, 5.41) is 16.6. The van der Waals surface area contributed by atoms with Gasteiger partial charge in [-0.3, -0.25) is 4.98 Å². The number of hydrogen-bond acceptors (Lipinski definition) is 4. The minimum atomic E-state index is -0.316. The first-order valence-electron chi connectivity index (χ1n) is 6.02. The Kier molecular flexibility index (Phi) is 5.51. The SMILES string of the molecule is O=C(Nc1ccncc1Br)N[C@@H](CCO)c1cccs1. The number of pyridine rings is 1. The second kappa shape index (κ2) is 7.37. The summed E-state index contributed by atoms with van der Waals surface area (Å²) in [7, 11) is 0. The van der Waals surface area contributed by atoms with Crippen LogP contribution in [0.4, 0.5) is 10.5 Å². The maximum absolute atomic E-state index is 12.0. The number of anilines is 1. The highest BCUT2D eigenvalue weighted by molar-refractivity contribution is 9.10. The van der Waals surface area contributed by atoms with Crippen molar-refractivity contribution in [2.24, 2.45) is 0 Å². The van der Waals surface area contributed by atoms with Crippen molar-refractivity contribution in [3.8, 4) is 0 Å². The first kappa shape index (κ1) is 15.0. The normalized spacial score (nSPS) is 11.9. The molecule has 106 valence electrons. The van der Waals surface area contributed by atoms with E-state index in [9.17, 15) is 4.79 Å². The summed E-state index contributed by atoms with van der Waals surface area (Å²) in [6, 6.07) is 5.05. The van der Waals surface area contributed by atoms with E-state index < -0.39 is 0 Å². The molecule has 0 unspecified atom stereocenters. The van der Waals surface area contributed by atoms with Gasteiger partial charge in [-0.1, -0.05) is 6.07 Å². The molecule has 5 nitrogen and oxygen atoms in total. The van der Waals surface area contributed by atoms with E-state index in [1.54, 1.807) is 29.8 Å². The summed E-state index contributed by atoms with van der Waals surface area (Å²) in [6.07, 6.45) is 3.69. The van der Waals surface area contributed by atoms with Gasteiger partial charge >= 0.3 is 6.03 Å². The molecule has 0 radical (unpaired) electrons. The van der Waals surface area contributed by atoms with Crippen molar-refractivity contribution in [2.45, 2.75) is 12.5 Å². The van der Waals surface area contributed by atoms with Gasteiger partial charge in [0.05, 0.1) is 16.2 Å². The Morgan fingerprint density at radius 2 is 2.35 bits per heavy atom. The van der Waals surface area contributed by atoms with Crippen LogP contribution < -0.4 is 10.6 Å². The van der Waals surface area contributed by atoms with Gasteiger partial charge in [0, 0.05) is 23.9 Å². The zero-order valence-corrected chi connectivity index (χ0v) is 12.9. The molecule has 20 heavy (non-hydrogen) atoms. The van der Waals surface area contributed by atoms with E-state index in [2.05, 4.69) is 31.5 Å². The summed E-state index contributed by atoms with van der Waals surface area (Å²) in [5.74, 6) is 0. The van der Waals surface area contributed by atoms with Gasteiger partial charge in [0.2, 0.25) is 0 Å². The number of hydrogen-bond donors (Lipinski definition) is 3. The molecule has 3 N–H and O–H groups in total. The molecule has 2 rings (SSSR count). The van der Waals surface area contributed by atoms with Crippen LogP contribution in [0.5, 0.6) is 0 Å². The highest BCUT2D eigenvalue weighted by atomic mass is 79.9. The van der Waals surface area contributed by atoms with Crippen molar-refractivity contribution in [3.05, 3.63) is 45.3 Å². The molecule has 1 atom stereocenters. The second-order valence-electron chi connectivity index (χ2n) is 4.03. The van der Waals surface area contributed by atoms with Crippen LogP contribution in [0.1, 0.15) is 17.3 Å². The molecule has 0 spiro atoms. The molecule has 2 heterocycles. The van der Waals surface area contributed by atoms with Crippen molar-refractivity contribution >= 4 is 39.0 Å². The third-order valence-electron chi connectivity index (χ3n) is 2.63. The van der Waals surface area contributed by atoms with Crippen molar-refractivity contribution in [1.82, 2.24) is 10.3 Å². The molecule has 0 fully saturated rings. The number of nitrogens with zero attached hydrogens (tertiary/aromatic N) is 1. The lowest BCUT2D eigenvalue weighted by Crippen LogP contribution is -2.32. The third-order valence-corrected chi connectivity index (χ3v) is 4.25. The fourth-order valence-corrected chi connectivity index (χ4v) is 2.86. The molecule has 0 aromatic carbocycles. The van der Waals surface area contributed by atoms with Crippen molar-refractivity contribution < 1.29 is 9.90 Å². The van der Waals surface area contributed by atoms with E-state index in [0.717, 1.165) is 4.88 Å². The van der Waals surface area contributed by atoms with E-state index in [0.29, 0.717) is 16.6 Å². The summed E-state index contributed by atoms with van der Waals surface area (Å²) in [4.78, 5) is 17.0. The van der Waals surface area contributed by atoms with Crippen LogP contribution in [0.25, 0.3) is 0 Å². The lowest BCUT2D eigenvalue weighted by Gasteiger charge is -2.17. The summed E-state index contributed by atoms with van der Waals surface area (Å²) >= 11 is 4.87. The number of aliphatic hydroxyl groups excluding tert-OH is 1. The first-order chi connectivity index (χ1) is 9.70. The largest absolute Gasteiger partial charge is 0.396 e. The smallest absolute Gasteiger partial charge is 0.319 e. The van der Waals surface area contributed by atoms with Crippen LogP contribution in [0, 0.1) is 0 Å². The van der Waals surface area contributed by atoms with Crippen molar-refractivity contribution in [3.63, 3.8) is 0 Å². The van der Waals surface area contributed by atoms with Gasteiger partial charge in [-0.25, -0.2) is 4.79 Å². The molecular weight excluding hydrogens is 342 g/mol. The van der Waals surface area contributed by atoms with Crippen LogP contribution in [-0.2, 0) is 0 Å². The number of thiophene rings is 1. The van der Waals surface area contributed by atoms with E-state index in [1.165, 1.54) is 0 Å². The molecule has 2 aromatic heterocycles. The van der Waals surface area contributed by atoms with Crippen molar-refractivity contribution in [2.75, 3.05) is 11.9 Å². The molecule has 0 aliphatic heterocycles. The van der Waals surface area contributed by atoms with Gasteiger partial charge in [0.15, 0.2) is 0 Å². The Labute approximate surface area is 129 Å². The van der Waals surface area contributed by atoms with Crippen LogP contribution in [0.2, 0.25) is 0 Å². The predicted molar refractivity (Wildman–Crippen MR) is 82.9 cm³/mol. The predicted octanol–water partition coefficient (Wildman–Crippen LogP) is 3.15. The number of aromatic nitrogens is 1. The zero-order chi connectivity index (χ0) is 14.4. The maximum Gasteiger partial charge on any atom is 0.319 e. The summed E-state index contributed by atoms with van der Waals surface area (Å²) in [5.41, 5.74) is 0.645. The van der Waals surface area contributed by atoms with E-state index in [1.807, 2.05) is 17.5 Å². The first-order valence-corrected chi connectivity index (χ1v) is 7.69. The fourth-order valence-electron chi connectivity index (χ4n) is 1.70. The van der Waals surface area contributed by atoms with Crippen LogP contribution >= 0.6 is 27.3 Å². The molecule has 0 aliphatic carbocycles. The standard InChI is InChI=1S/C13H14BrN3O2S/c14-9-8-15-5-3-10(9)16-13(19)17-11(4-6-18)12-2-1-7-20-12/h1-3,5,7-8,11,18H,4,6H2,(H2,15,16,17,19)/t11-/m0/s1.